The first kappa shape index (κ1) is 16.6. The molecule has 0 N–H and O–H groups in total. The lowest BCUT2D eigenvalue weighted by molar-refractivity contribution is 0.213. The van der Waals surface area contributed by atoms with Crippen molar-refractivity contribution in [2.24, 2.45) is 5.92 Å². The van der Waals surface area contributed by atoms with E-state index in [0.29, 0.717) is 5.92 Å². The number of allylic oxidation sites excluding steroid dienone is 2. The third-order valence-corrected chi connectivity index (χ3v) is 4.13. The normalized spacial score (nSPS) is 27.7. The highest BCUT2D eigenvalue weighted by molar-refractivity contribution is 4.96. The predicted octanol–water partition coefficient (Wildman–Crippen LogP) is 6.24. The van der Waals surface area contributed by atoms with Gasteiger partial charge in [0.15, 0.2) is 0 Å². The van der Waals surface area contributed by atoms with Crippen LogP contribution in [0.3, 0.4) is 0 Å². The molecular weight excluding hydrogens is 232 g/mol. The molecule has 0 saturated carbocycles. The lowest BCUT2D eigenvalue weighted by atomic mass is 10.0. The SMILES string of the molecule is CCO/C1=C\C(C)CCCCCCCCCCCC1. The fourth-order valence-corrected chi connectivity index (χ4v) is 2.97. The van der Waals surface area contributed by atoms with Crippen molar-refractivity contribution < 1.29 is 4.74 Å². The summed E-state index contributed by atoms with van der Waals surface area (Å²) in [6.07, 6.45) is 19.0. The summed E-state index contributed by atoms with van der Waals surface area (Å²) < 4.78 is 5.80. The molecule has 0 aromatic rings. The Balaban J connectivity index is 2.41. The second-order valence-electron chi connectivity index (χ2n) is 6.12. The highest BCUT2D eigenvalue weighted by Gasteiger charge is 2.04. The summed E-state index contributed by atoms with van der Waals surface area (Å²) in [5.41, 5.74) is 0. The average Bonchev–Trinajstić information content (AvgIpc) is 2.40. The van der Waals surface area contributed by atoms with Crippen molar-refractivity contribution in [3.8, 4) is 0 Å². The van der Waals surface area contributed by atoms with E-state index in [1.165, 1.54) is 76.4 Å². The minimum absolute atomic E-state index is 0.687. The Kier molecular flexibility index (Phi) is 9.93. The predicted molar refractivity (Wildman–Crippen MR) is 84.3 cm³/mol. The Bertz CT molecular complexity index is 232. The number of ether oxygens (including phenoxy) is 1. The number of hydrogen-bond donors (Lipinski definition) is 0. The van der Waals surface area contributed by atoms with Crippen LogP contribution < -0.4 is 0 Å². The smallest absolute Gasteiger partial charge is 0.0922 e. The molecule has 0 aromatic carbocycles. The van der Waals surface area contributed by atoms with Crippen LogP contribution >= 0.6 is 0 Å². The van der Waals surface area contributed by atoms with Gasteiger partial charge in [-0.2, -0.15) is 0 Å². The first-order valence-electron chi connectivity index (χ1n) is 8.66. The van der Waals surface area contributed by atoms with Gasteiger partial charge in [0.25, 0.3) is 0 Å². The van der Waals surface area contributed by atoms with Crippen LogP contribution in [-0.2, 0) is 4.74 Å². The molecule has 1 unspecified atom stereocenters. The molecule has 0 radical (unpaired) electrons. The maximum Gasteiger partial charge on any atom is 0.0922 e. The molecule has 112 valence electrons. The molecule has 0 aromatic heterocycles. The van der Waals surface area contributed by atoms with Gasteiger partial charge in [-0.1, -0.05) is 64.7 Å². The van der Waals surface area contributed by atoms with Crippen LogP contribution in [0.15, 0.2) is 11.8 Å². The van der Waals surface area contributed by atoms with E-state index in [-0.39, 0.29) is 0 Å². The van der Waals surface area contributed by atoms with Gasteiger partial charge in [-0.15, -0.1) is 0 Å². The molecule has 0 spiro atoms. The minimum atomic E-state index is 0.687. The van der Waals surface area contributed by atoms with Gasteiger partial charge in [0, 0.05) is 6.42 Å². The Labute approximate surface area is 120 Å². The molecule has 1 aliphatic rings. The molecule has 19 heavy (non-hydrogen) atoms. The van der Waals surface area contributed by atoms with E-state index < -0.39 is 0 Å². The quantitative estimate of drug-likeness (QED) is 0.575. The maximum atomic E-state index is 5.80. The van der Waals surface area contributed by atoms with Gasteiger partial charge < -0.3 is 4.74 Å². The van der Waals surface area contributed by atoms with Gasteiger partial charge >= 0.3 is 0 Å². The highest BCUT2D eigenvalue weighted by atomic mass is 16.5. The van der Waals surface area contributed by atoms with E-state index >= 15 is 0 Å². The van der Waals surface area contributed by atoms with Crippen LogP contribution in [-0.4, -0.2) is 6.61 Å². The van der Waals surface area contributed by atoms with Crippen molar-refractivity contribution in [1.82, 2.24) is 0 Å². The highest BCUT2D eigenvalue weighted by Crippen LogP contribution is 2.20. The summed E-state index contributed by atoms with van der Waals surface area (Å²) in [7, 11) is 0. The summed E-state index contributed by atoms with van der Waals surface area (Å²) in [5.74, 6) is 1.94. The van der Waals surface area contributed by atoms with Crippen LogP contribution in [0.1, 0.15) is 90.9 Å². The van der Waals surface area contributed by atoms with Crippen LogP contribution in [0.4, 0.5) is 0 Å². The lowest BCUT2D eigenvalue weighted by Gasteiger charge is -2.12. The third kappa shape index (κ3) is 9.13. The Morgan fingerprint density at radius 2 is 1.42 bits per heavy atom. The summed E-state index contributed by atoms with van der Waals surface area (Å²) >= 11 is 0. The average molecular weight is 266 g/mol. The zero-order chi connectivity index (χ0) is 13.8. The first-order chi connectivity index (χ1) is 9.33. The third-order valence-electron chi connectivity index (χ3n) is 4.13. The summed E-state index contributed by atoms with van der Waals surface area (Å²) in [6, 6.07) is 0. The van der Waals surface area contributed by atoms with Crippen molar-refractivity contribution in [3.05, 3.63) is 11.8 Å². The summed E-state index contributed by atoms with van der Waals surface area (Å²) in [6.45, 7) is 5.26. The summed E-state index contributed by atoms with van der Waals surface area (Å²) in [5, 5.41) is 0. The Morgan fingerprint density at radius 1 is 0.895 bits per heavy atom. The maximum absolute atomic E-state index is 5.80. The van der Waals surface area contributed by atoms with Crippen molar-refractivity contribution in [2.45, 2.75) is 90.9 Å². The molecule has 0 bridgehead atoms. The van der Waals surface area contributed by atoms with E-state index in [1.54, 1.807) is 0 Å². The van der Waals surface area contributed by atoms with Gasteiger partial charge in [-0.05, 0) is 31.8 Å². The van der Waals surface area contributed by atoms with Crippen molar-refractivity contribution >= 4 is 0 Å². The molecule has 0 saturated heterocycles. The number of rotatable bonds is 2. The van der Waals surface area contributed by atoms with Crippen molar-refractivity contribution in [1.29, 1.82) is 0 Å². The molecule has 0 heterocycles. The van der Waals surface area contributed by atoms with Gasteiger partial charge in [0.05, 0.1) is 12.4 Å². The second kappa shape index (κ2) is 11.4. The second-order valence-corrected chi connectivity index (χ2v) is 6.12. The van der Waals surface area contributed by atoms with Gasteiger partial charge in [0.2, 0.25) is 0 Å². The Hall–Kier alpha value is -0.460. The zero-order valence-electron chi connectivity index (χ0n) is 13.3. The van der Waals surface area contributed by atoms with Crippen LogP contribution in [0.25, 0.3) is 0 Å². The van der Waals surface area contributed by atoms with Crippen LogP contribution in [0.2, 0.25) is 0 Å². The van der Waals surface area contributed by atoms with E-state index in [4.69, 9.17) is 4.74 Å². The van der Waals surface area contributed by atoms with Crippen LogP contribution in [0, 0.1) is 5.92 Å². The molecule has 1 aliphatic carbocycles. The van der Waals surface area contributed by atoms with E-state index in [9.17, 15) is 0 Å². The molecule has 1 nitrogen and oxygen atoms in total. The van der Waals surface area contributed by atoms with E-state index in [0.717, 1.165) is 13.0 Å². The standard InChI is InChI=1S/C18H34O/c1-3-19-18-15-13-11-9-7-5-4-6-8-10-12-14-17(2)16-18/h16-17H,3-15H2,1-2H3/b18-16-. The van der Waals surface area contributed by atoms with Crippen LogP contribution in [0.5, 0.6) is 0 Å². The largest absolute Gasteiger partial charge is 0.499 e. The minimum Gasteiger partial charge on any atom is -0.499 e. The molecular formula is C18H34O. The topological polar surface area (TPSA) is 9.23 Å². The van der Waals surface area contributed by atoms with Crippen molar-refractivity contribution in [3.63, 3.8) is 0 Å². The van der Waals surface area contributed by atoms with Gasteiger partial charge in [-0.25, -0.2) is 0 Å². The van der Waals surface area contributed by atoms with Gasteiger partial charge in [-0.3, -0.25) is 0 Å². The van der Waals surface area contributed by atoms with E-state index in [2.05, 4.69) is 19.9 Å². The zero-order valence-corrected chi connectivity index (χ0v) is 13.3. The molecule has 1 atom stereocenters. The van der Waals surface area contributed by atoms with Crippen molar-refractivity contribution in [2.75, 3.05) is 6.61 Å². The molecule has 0 amide bonds. The fourth-order valence-electron chi connectivity index (χ4n) is 2.97. The lowest BCUT2D eigenvalue weighted by Crippen LogP contribution is -1.98. The first-order valence-corrected chi connectivity index (χ1v) is 8.66. The fraction of sp³-hybridized carbons (Fsp3) is 0.889. The molecule has 0 aliphatic heterocycles. The number of hydrogen-bond acceptors (Lipinski definition) is 1. The summed E-state index contributed by atoms with van der Waals surface area (Å²) in [4.78, 5) is 0. The van der Waals surface area contributed by atoms with Gasteiger partial charge in [0.1, 0.15) is 0 Å². The molecule has 1 rings (SSSR count). The monoisotopic (exact) mass is 266 g/mol. The molecule has 1 heteroatoms. The van der Waals surface area contributed by atoms with E-state index in [1.807, 2.05) is 0 Å². The Morgan fingerprint density at radius 3 is 2.00 bits per heavy atom. The molecule has 0 fully saturated rings.